The molecule has 7 nitrogen and oxygen atoms in total. The van der Waals surface area contributed by atoms with Crippen LogP contribution in [0.4, 0.5) is 23.1 Å². The van der Waals surface area contributed by atoms with Gasteiger partial charge in [0.1, 0.15) is 5.82 Å². The predicted octanol–water partition coefficient (Wildman–Crippen LogP) is 3.19. The van der Waals surface area contributed by atoms with E-state index in [-0.39, 0.29) is 5.91 Å². The lowest BCUT2D eigenvalue weighted by Crippen LogP contribution is -2.06. The zero-order valence-electron chi connectivity index (χ0n) is 13.7. The molecule has 0 bridgehead atoms. The second-order valence-corrected chi connectivity index (χ2v) is 5.36. The number of rotatable bonds is 6. The van der Waals surface area contributed by atoms with Gasteiger partial charge in [0.2, 0.25) is 11.9 Å². The Morgan fingerprint density at radius 2 is 1.68 bits per heavy atom. The first-order valence-electron chi connectivity index (χ1n) is 7.79. The fraction of sp³-hybridized carbons (Fsp3) is 0.111. The van der Waals surface area contributed by atoms with Crippen LogP contribution in [-0.4, -0.2) is 20.9 Å². The molecule has 2 heterocycles. The SMILES string of the molecule is CC(=O)Nc1ccc(Nc2nccc(NCc3ccncc3)n2)cc1. The van der Waals surface area contributed by atoms with Gasteiger partial charge in [-0.2, -0.15) is 4.98 Å². The van der Waals surface area contributed by atoms with Gasteiger partial charge in [-0.05, 0) is 48.0 Å². The molecule has 0 radical (unpaired) electrons. The van der Waals surface area contributed by atoms with Crippen LogP contribution >= 0.6 is 0 Å². The molecule has 0 spiro atoms. The van der Waals surface area contributed by atoms with Gasteiger partial charge >= 0.3 is 0 Å². The van der Waals surface area contributed by atoms with Crippen LogP contribution in [0, 0.1) is 0 Å². The van der Waals surface area contributed by atoms with Gasteiger partial charge in [0.05, 0.1) is 0 Å². The van der Waals surface area contributed by atoms with Crippen molar-refractivity contribution in [3.8, 4) is 0 Å². The molecule has 0 saturated heterocycles. The molecule has 3 aromatic rings. The van der Waals surface area contributed by atoms with Crippen LogP contribution in [0.25, 0.3) is 0 Å². The van der Waals surface area contributed by atoms with E-state index in [1.807, 2.05) is 42.5 Å². The first-order valence-corrected chi connectivity index (χ1v) is 7.79. The summed E-state index contributed by atoms with van der Waals surface area (Å²) in [5.41, 5.74) is 2.70. The molecule has 0 atom stereocenters. The average molecular weight is 334 g/mol. The molecule has 25 heavy (non-hydrogen) atoms. The molecule has 0 aliphatic carbocycles. The van der Waals surface area contributed by atoms with Crippen LogP contribution in [0.15, 0.2) is 61.1 Å². The van der Waals surface area contributed by atoms with Gasteiger partial charge in [-0.1, -0.05) is 0 Å². The summed E-state index contributed by atoms with van der Waals surface area (Å²) in [6.45, 7) is 2.13. The van der Waals surface area contributed by atoms with Crippen molar-refractivity contribution in [1.29, 1.82) is 0 Å². The highest BCUT2D eigenvalue weighted by Gasteiger charge is 2.01. The van der Waals surface area contributed by atoms with Crippen LogP contribution in [0.2, 0.25) is 0 Å². The minimum Gasteiger partial charge on any atom is -0.366 e. The van der Waals surface area contributed by atoms with Crippen molar-refractivity contribution < 1.29 is 4.79 Å². The van der Waals surface area contributed by atoms with Gasteiger partial charge in [-0.3, -0.25) is 9.78 Å². The topological polar surface area (TPSA) is 91.8 Å². The summed E-state index contributed by atoms with van der Waals surface area (Å²) in [4.78, 5) is 23.7. The van der Waals surface area contributed by atoms with E-state index in [0.717, 1.165) is 22.8 Å². The van der Waals surface area contributed by atoms with Gasteiger partial charge in [-0.15, -0.1) is 0 Å². The van der Waals surface area contributed by atoms with E-state index in [1.165, 1.54) is 6.92 Å². The largest absolute Gasteiger partial charge is 0.366 e. The number of carbonyl (C=O) groups is 1. The van der Waals surface area contributed by atoms with E-state index in [4.69, 9.17) is 0 Å². The highest BCUT2D eigenvalue weighted by atomic mass is 16.1. The van der Waals surface area contributed by atoms with E-state index >= 15 is 0 Å². The summed E-state index contributed by atoms with van der Waals surface area (Å²) in [7, 11) is 0. The number of nitrogens with one attached hydrogen (secondary N) is 3. The van der Waals surface area contributed by atoms with Gasteiger partial charge < -0.3 is 16.0 Å². The van der Waals surface area contributed by atoms with Crippen molar-refractivity contribution in [2.75, 3.05) is 16.0 Å². The van der Waals surface area contributed by atoms with Crippen molar-refractivity contribution in [1.82, 2.24) is 15.0 Å². The van der Waals surface area contributed by atoms with Gasteiger partial charge in [0, 0.05) is 43.4 Å². The first kappa shape index (κ1) is 16.4. The number of hydrogen-bond donors (Lipinski definition) is 3. The molecule has 0 aliphatic rings. The van der Waals surface area contributed by atoms with Crippen LogP contribution in [0.1, 0.15) is 12.5 Å². The summed E-state index contributed by atoms with van der Waals surface area (Å²) < 4.78 is 0. The number of benzene rings is 1. The van der Waals surface area contributed by atoms with Crippen molar-refractivity contribution in [2.45, 2.75) is 13.5 Å². The molecule has 0 aliphatic heterocycles. The molecule has 0 saturated carbocycles. The Morgan fingerprint density at radius 3 is 2.40 bits per heavy atom. The van der Waals surface area contributed by atoms with E-state index in [2.05, 4.69) is 30.9 Å². The third-order valence-electron chi connectivity index (χ3n) is 3.34. The van der Waals surface area contributed by atoms with E-state index in [1.54, 1.807) is 18.6 Å². The van der Waals surface area contributed by atoms with Crippen LogP contribution in [-0.2, 0) is 11.3 Å². The number of anilines is 4. The molecule has 0 fully saturated rings. The lowest BCUT2D eigenvalue weighted by molar-refractivity contribution is -0.114. The van der Waals surface area contributed by atoms with Crippen molar-refractivity contribution in [3.63, 3.8) is 0 Å². The average Bonchev–Trinajstić information content (AvgIpc) is 2.62. The van der Waals surface area contributed by atoms with Gasteiger partial charge in [-0.25, -0.2) is 4.98 Å². The minimum atomic E-state index is -0.1000. The number of amides is 1. The minimum absolute atomic E-state index is 0.1000. The summed E-state index contributed by atoms with van der Waals surface area (Å²) in [6.07, 6.45) is 5.21. The summed E-state index contributed by atoms with van der Waals surface area (Å²) in [5, 5.41) is 9.11. The molecule has 1 aromatic carbocycles. The maximum absolute atomic E-state index is 11.0. The summed E-state index contributed by atoms with van der Waals surface area (Å²) in [5.74, 6) is 1.12. The fourth-order valence-corrected chi connectivity index (χ4v) is 2.18. The van der Waals surface area contributed by atoms with E-state index < -0.39 is 0 Å². The van der Waals surface area contributed by atoms with Crippen LogP contribution in [0.3, 0.4) is 0 Å². The van der Waals surface area contributed by atoms with Gasteiger partial charge in [0.15, 0.2) is 0 Å². The van der Waals surface area contributed by atoms with Crippen LogP contribution in [0.5, 0.6) is 0 Å². The predicted molar refractivity (Wildman–Crippen MR) is 97.6 cm³/mol. The number of aromatic nitrogens is 3. The lowest BCUT2D eigenvalue weighted by Gasteiger charge is -2.09. The third kappa shape index (κ3) is 5.00. The Bertz CT molecular complexity index is 836. The normalized spacial score (nSPS) is 10.1. The van der Waals surface area contributed by atoms with Crippen molar-refractivity contribution in [3.05, 3.63) is 66.6 Å². The molecule has 126 valence electrons. The first-order chi connectivity index (χ1) is 12.2. The summed E-state index contributed by atoms with van der Waals surface area (Å²) in [6, 6.07) is 13.0. The maximum Gasteiger partial charge on any atom is 0.229 e. The molecule has 1 amide bonds. The highest BCUT2D eigenvalue weighted by molar-refractivity contribution is 5.88. The number of hydrogen-bond acceptors (Lipinski definition) is 6. The quantitative estimate of drug-likeness (QED) is 0.641. The third-order valence-corrected chi connectivity index (χ3v) is 3.34. The zero-order chi connectivity index (χ0) is 17.5. The van der Waals surface area contributed by atoms with E-state index in [0.29, 0.717) is 12.5 Å². The Morgan fingerprint density at radius 1 is 0.960 bits per heavy atom. The van der Waals surface area contributed by atoms with Crippen molar-refractivity contribution >= 4 is 29.0 Å². The molecule has 3 N–H and O–H groups in total. The molecule has 3 rings (SSSR count). The van der Waals surface area contributed by atoms with Gasteiger partial charge in [0.25, 0.3) is 0 Å². The standard InChI is InChI=1S/C18H18N6O/c1-13(25)22-15-2-4-16(5-3-15)23-18-20-11-8-17(24-18)21-12-14-6-9-19-10-7-14/h2-11H,12H2,1H3,(H,22,25)(H2,20,21,23,24). The molecule has 2 aromatic heterocycles. The molecule has 7 heteroatoms. The maximum atomic E-state index is 11.0. The number of carbonyl (C=O) groups excluding carboxylic acids is 1. The molecular formula is C18H18N6O. The summed E-state index contributed by atoms with van der Waals surface area (Å²) >= 11 is 0. The second kappa shape index (κ2) is 7.87. The smallest absolute Gasteiger partial charge is 0.229 e. The Hall–Kier alpha value is -3.48. The Kier molecular flexibility index (Phi) is 5.16. The molecular weight excluding hydrogens is 316 g/mol. The van der Waals surface area contributed by atoms with Crippen LogP contribution < -0.4 is 16.0 Å². The van der Waals surface area contributed by atoms with Crippen molar-refractivity contribution in [2.24, 2.45) is 0 Å². The molecule has 0 unspecified atom stereocenters. The second-order valence-electron chi connectivity index (χ2n) is 5.36. The Labute approximate surface area is 145 Å². The number of nitrogens with zero attached hydrogens (tertiary/aromatic N) is 3. The zero-order valence-corrected chi connectivity index (χ0v) is 13.7. The fourth-order valence-electron chi connectivity index (χ4n) is 2.18. The lowest BCUT2D eigenvalue weighted by atomic mass is 10.3. The monoisotopic (exact) mass is 334 g/mol. The van der Waals surface area contributed by atoms with E-state index in [9.17, 15) is 4.79 Å². The Balaban J connectivity index is 1.62. The number of pyridine rings is 1. The highest BCUT2D eigenvalue weighted by Crippen LogP contribution is 2.17.